The molecule has 0 radical (unpaired) electrons. The van der Waals surface area contributed by atoms with E-state index in [0.29, 0.717) is 0 Å². The minimum Gasteiger partial charge on any atom is -0.304 e. The summed E-state index contributed by atoms with van der Waals surface area (Å²) in [7, 11) is 0. The third-order valence-electron chi connectivity index (χ3n) is 4.84. The predicted molar refractivity (Wildman–Crippen MR) is 94.5 cm³/mol. The molecular formula is C20H23N3. The van der Waals surface area contributed by atoms with Crippen LogP contribution in [0.2, 0.25) is 0 Å². The third kappa shape index (κ3) is 3.02. The molecule has 23 heavy (non-hydrogen) atoms. The summed E-state index contributed by atoms with van der Waals surface area (Å²) in [5.41, 5.74) is 6.08. The van der Waals surface area contributed by atoms with Crippen LogP contribution in [-0.4, -0.2) is 27.4 Å². The molecule has 118 valence electrons. The maximum Gasteiger partial charge on any atom is 0.137 e. The van der Waals surface area contributed by atoms with Gasteiger partial charge in [-0.3, -0.25) is 4.90 Å². The molecular weight excluding hydrogens is 282 g/mol. The Balaban J connectivity index is 1.54. The van der Waals surface area contributed by atoms with Gasteiger partial charge in [0.2, 0.25) is 0 Å². The average Bonchev–Trinajstić information content (AvgIpc) is 2.97. The molecule has 0 bridgehead atoms. The van der Waals surface area contributed by atoms with Crippen LogP contribution >= 0.6 is 0 Å². The molecule has 0 N–H and O–H groups in total. The number of piperidine rings is 1. The standard InChI is InChI=1S/C20H23N3/c1-16-14-21-20-13-19(9-12-23(16)20)18-7-5-17(6-8-18)15-22-10-3-2-4-11-22/h5-9,12-14H,2-4,10-11,15H2,1H3. The lowest BCUT2D eigenvalue weighted by atomic mass is 10.0. The first-order valence-corrected chi connectivity index (χ1v) is 8.55. The van der Waals surface area contributed by atoms with E-state index in [4.69, 9.17) is 0 Å². The fourth-order valence-electron chi connectivity index (χ4n) is 3.47. The number of benzene rings is 1. The molecule has 2 aromatic heterocycles. The van der Waals surface area contributed by atoms with E-state index in [-0.39, 0.29) is 0 Å². The second-order valence-corrected chi connectivity index (χ2v) is 6.58. The molecule has 0 spiro atoms. The number of aryl methyl sites for hydroxylation is 1. The Morgan fingerprint density at radius 1 is 0.957 bits per heavy atom. The van der Waals surface area contributed by atoms with Crippen molar-refractivity contribution in [2.75, 3.05) is 13.1 Å². The van der Waals surface area contributed by atoms with Crippen molar-refractivity contribution in [2.45, 2.75) is 32.7 Å². The summed E-state index contributed by atoms with van der Waals surface area (Å²) in [5, 5.41) is 0. The molecule has 3 heterocycles. The average molecular weight is 305 g/mol. The monoisotopic (exact) mass is 305 g/mol. The maximum atomic E-state index is 4.46. The van der Waals surface area contributed by atoms with Crippen molar-refractivity contribution in [1.82, 2.24) is 14.3 Å². The molecule has 0 amide bonds. The number of likely N-dealkylation sites (tertiary alicyclic amines) is 1. The molecule has 1 aromatic carbocycles. The van der Waals surface area contributed by atoms with E-state index >= 15 is 0 Å². The Kier molecular flexibility index (Phi) is 3.88. The van der Waals surface area contributed by atoms with E-state index in [9.17, 15) is 0 Å². The van der Waals surface area contributed by atoms with E-state index in [1.165, 1.54) is 54.7 Å². The fraction of sp³-hybridized carbons (Fsp3) is 0.350. The zero-order valence-electron chi connectivity index (χ0n) is 13.7. The van der Waals surface area contributed by atoms with Crippen molar-refractivity contribution < 1.29 is 0 Å². The van der Waals surface area contributed by atoms with Gasteiger partial charge in [-0.2, -0.15) is 0 Å². The summed E-state index contributed by atoms with van der Waals surface area (Å²) < 4.78 is 2.12. The minimum atomic E-state index is 1.01. The summed E-state index contributed by atoms with van der Waals surface area (Å²) in [4.78, 5) is 7.02. The highest BCUT2D eigenvalue weighted by molar-refractivity contribution is 5.67. The van der Waals surface area contributed by atoms with Crippen LogP contribution in [0.3, 0.4) is 0 Å². The summed E-state index contributed by atoms with van der Waals surface area (Å²) in [5.74, 6) is 0. The first-order valence-electron chi connectivity index (χ1n) is 8.55. The second kappa shape index (κ2) is 6.17. The number of fused-ring (bicyclic) bond motifs is 1. The first-order chi connectivity index (χ1) is 11.3. The van der Waals surface area contributed by atoms with Crippen LogP contribution in [0, 0.1) is 6.92 Å². The number of aromatic nitrogens is 2. The van der Waals surface area contributed by atoms with Gasteiger partial charge in [0, 0.05) is 24.6 Å². The van der Waals surface area contributed by atoms with Crippen LogP contribution in [-0.2, 0) is 6.54 Å². The summed E-state index contributed by atoms with van der Waals surface area (Å²) in [6.45, 7) is 5.66. The van der Waals surface area contributed by atoms with Crippen molar-refractivity contribution in [2.24, 2.45) is 0 Å². The van der Waals surface area contributed by atoms with Crippen molar-refractivity contribution in [1.29, 1.82) is 0 Å². The molecule has 0 unspecified atom stereocenters. The summed E-state index contributed by atoms with van der Waals surface area (Å²) in [6, 6.07) is 13.3. The Morgan fingerprint density at radius 3 is 2.52 bits per heavy atom. The number of pyridine rings is 1. The molecule has 1 aliphatic rings. The van der Waals surface area contributed by atoms with E-state index in [0.717, 1.165) is 12.2 Å². The van der Waals surface area contributed by atoms with Gasteiger partial charge in [-0.1, -0.05) is 30.7 Å². The van der Waals surface area contributed by atoms with E-state index in [1.54, 1.807) is 0 Å². The second-order valence-electron chi connectivity index (χ2n) is 6.58. The molecule has 3 heteroatoms. The Bertz CT molecular complexity index is 795. The lowest BCUT2D eigenvalue weighted by Crippen LogP contribution is -2.28. The van der Waals surface area contributed by atoms with E-state index < -0.39 is 0 Å². The smallest absolute Gasteiger partial charge is 0.137 e. The first kappa shape index (κ1) is 14.5. The van der Waals surface area contributed by atoms with E-state index in [1.807, 2.05) is 6.20 Å². The lowest BCUT2D eigenvalue weighted by Gasteiger charge is -2.26. The molecule has 1 aliphatic heterocycles. The molecule has 1 fully saturated rings. The van der Waals surface area contributed by atoms with Crippen molar-refractivity contribution >= 4 is 5.65 Å². The van der Waals surface area contributed by atoms with Gasteiger partial charge in [0.05, 0.1) is 0 Å². The van der Waals surface area contributed by atoms with Crippen molar-refractivity contribution in [3.63, 3.8) is 0 Å². The largest absolute Gasteiger partial charge is 0.304 e. The van der Waals surface area contributed by atoms with Crippen LogP contribution in [0.1, 0.15) is 30.5 Å². The summed E-state index contributed by atoms with van der Waals surface area (Å²) >= 11 is 0. The van der Waals surface area contributed by atoms with Gasteiger partial charge < -0.3 is 4.40 Å². The van der Waals surface area contributed by atoms with Gasteiger partial charge in [-0.05, 0) is 61.7 Å². The number of imidazole rings is 1. The SMILES string of the molecule is Cc1cnc2cc(-c3ccc(CN4CCCCC4)cc3)ccn12. The van der Waals surface area contributed by atoms with Crippen LogP contribution in [0.4, 0.5) is 0 Å². The number of rotatable bonds is 3. The number of hydrogen-bond acceptors (Lipinski definition) is 2. The van der Waals surface area contributed by atoms with Crippen LogP contribution in [0.5, 0.6) is 0 Å². The third-order valence-corrected chi connectivity index (χ3v) is 4.84. The fourth-order valence-corrected chi connectivity index (χ4v) is 3.47. The lowest BCUT2D eigenvalue weighted by molar-refractivity contribution is 0.221. The topological polar surface area (TPSA) is 20.5 Å². The molecule has 0 aliphatic carbocycles. The highest BCUT2D eigenvalue weighted by Crippen LogP contribution is 2.22. The molecule has 3 aromatic rings. The normalized spacial score (nSPS) is 16.0. The zero-order chi connectivity index (χ0) is 15.6. The van der Waals surface area contributed by atoms with Crippen LogP contribution in [0.15, 0.2) is 48.8 Å². The van der Waals surface area contributed by atoms with Gasteiger partial charge in [0.15, 0.2) is 0 Å². The molecule has 3 nitrogen and oxygen atoms in total. The quantitative estimate of drug-likeness (QED) is 0.719. The van der Waals surface area contributed by atoms with Gasteiger partial charge >= 0.3 is 0 Å². The van der Waals surface area contributed by atoms with Crippen molar-refractivity contribution in [3.8, 4) is 11.1 Å². The predicted octanol–water partition coefficient (Wildman–Crippen LogP) is 4.30. The number of nitrogens with zero attached hydrogens (tertiary/aromatic N) is 3. The molecule has 4 rings (SSSR count). The van der Waals surface area contributed by atoms with Gasteiger partial charge in [-0.25, -0.2) is 4.98 Å². The summed E-state index contributed by atoms with van der Waals surface area (Å²) in [6.07, 6.45) is 8.12. The van der Waals surface area contributed by atoms with Crippen LogP contribution in [0.25, 0.3) is 16.8 Å². The highest BCUT2D eigenvalue weighted by atomic mass is 15.1. The zero-order valence-corrected chi connectivity index (χ0v) is 13.7. The van der Waals surface area contributed by atoms with E-state index in [2.05, 4.69) is 63.8 Å². The Labute approximate surface area is 137 Å². The van der Waals surface area contributed by atoms with Gasteiger partial charge in [0.25, 0.3) is 0 Å². The minimum absolute atomic E-state index is 1.01. The maximum absolute atomic E-state index is 4.46. The molecule has 0 atom stereocenters. The number of hydrogen-bond donors (Lipinski definition) is 0. The van der Waals surface area contributed by atoms with Gasteiger partial charge in [-0.15, -0.1) is 0 Å². The Hall–Kier alpha value is -2.13. The molecule has 0 saturated carbocycles. The van der Waals surface area contributed by atoms with Crippen molar-refractivity contribution in [3.05, 3.63) is 60.0 Å². The van der Waals surface area contributed by atoms with Crippen LogP contribution < -0.4 is 0 Å². The Morgan fingerprint density at radius 2 is 1.74 bits per heavy atom. The molecule has 1 saturated heterocycles. The highest BCUT2D eigenvalue weighted by Gasteiger charge is 2.10. The van der Waals surface area contributed by atoms with Gasteiger partial charge in [0.1, 0.15) is 5.65 Å².